The van der Waals surface area contributed by atoms with Crippen LogP contribution in [0.25, 0.3) is 16.7 Å². The summed E-state index contributed by atoms with van der Waals surface area (Å²) in [4.78, 5) is 0. The SMILES string of the molecule is Cc1ccc2c(c1)-c1cc(N)ccc1/C2=C/C(C)(C)C. The Morgan fingerprint density at radius 1 is 0.850 bits per heavy atom. The minimum atomic E-state index is 0.153. The zero-order chi connectivity index (χ0) is 14.5. The third-order valence-electron chi connectivity index (χ3n) is 3.67. The van der Waals surface area contributed by atoms with Crippen molar-refractivity contribution < 1.29 is 0 Å². The van der Waals surface area contributed by atoms with Crippen molar-refractivity contribution in [1.82, 2.24) is 0 Å². The lowest BCUT2D eigenvalue weighted by atomic mass is 9.90. The van der Waals surface area contributed by atoms with Crippen molar-refractivity contribution in [3.05, 3.63) is 59.2 Å². The Labute approximate surface area is 121 Å². The lowest BCUT2D eigenvalue weighted by Crippen LogP contribution is -2.01. The molecule has 0 spiro atoms. The van der Waals surface area contributed by atoms with E-state index >= 15 is 0 Å². The van der Waals surface area contributed by atoms with Gasteiger partial charge in [0.05, 0.1) is 0 Å². The van der Waals surface area contributed by atoms with Crippen LogP contribution in [0.1, 0.15) is 37.5 Å². The molecule has 1 heteroatoms. The molecule has 0 radical (unpaired) electrons. The molecule has 0 saturated carbocycles. The summed E-state index contributed by atoms with van der Waals surface area (Å²) in [5.74, 6) is 0. The average Bonchev–Trinajstić information content (AvgIpc) is 2.61. The summed E-state index contributed by atoms with van der Waals surface area (Å²) in [5.41, 5.74) is 14.8. The number of nitrogen functional groups attached to an aromatic ring is 1. The van der Waals surface area contributed by atoms with Gasteiger partial charge in [-0.15, -0.1) is 0 Å². The highest BCUT2D eigenvalue weighted by Crippen LogP contribution is 2.46. The van der Waals surface area contributed by atoms with E-state index < -0.39 is 0 Å². The van der Waals surface area contributed by atoms with E-state index in [0.29, 0.717) is 0 Å². The van der Waals surface area contributed by atoms with Crippen LogP contribution < -0.4 is 5.73 Å². The zero-order valence-electron chi connectivity index (χ0n) is 12.6. The first-order valence-electron chi connectivity index (χ1n) is 7.09. The van der Waals surface area contributed by atoms with E-state index in [4.69, 9.17) is 5.73 Å². The smallest absolute Gasteiger partial charge is 0.0320 e. The lowest BCUT2D eigenvalue weighted by Gasteiger charge is -2.15. The first kappa shape index (κ1) is 13.0. The van der Waals surface area contributed by atoms with Crippen LogP contribution >= 0.6 is 0 Å². The molecule has 2 aromatic carbocycles. The van der Waals surface area contributed by atoms with E-state index in [-0.39, 0.29) is 5.41 Å². The number of allylic oxidation sites excluding steroid dienone is 1. The highest BCUT2D eigenvalue weighted by Gasteiger charge is 2.25. The summed E-state index contributed by atoms with van der Waals surface area (Å²) in [7, 11) is 0. The maximum atomic E-state index is 5.98. The van der Waals surface area contributed by atoms with Crippen LogP contribution in [0.3, 0.4) is 0 Å². The van der Waals surface area contributed by atoms with E-state index in [9.17, 15) is 0 Å². The van der Waals surface area contributed by atoms with E-state index in [1.165, 1.54) is 33.4 Å². The number of benzene rings is 2. The molecule has 0 amide bonds. The van der Waals surface area contributed by atoms with Crippen LogP contribution in [0.5, 0.6) is 0 Å². The fraction of sp³-hybridized carbons (Fsp3) is 0.263. The van der Waals surface area contributed by atoms with Gasteiger partial charge in [-0.2, -0.15) is 0 Å². The van der Waals surface area contributed by atoms with Crippen molar-refractivity contribution in [2.24, 2.45) is 5.41 Å². The maximum Gasteiger partial charge on any atom is 0.0320 e. The van der Waals surface area contributed by atoms with Crippen LogP contribution in [-0.4, -0.2) is 0 Å². The van der Waals surface area contributed by atoms with Crippen LogP contribution in [0.4, 0.5) is 5.69 Å². The molecule has 0 unspecified atom stereocenters. The third kappa shape index (κ3) is 2.14. The Balaban J connectivity index is 2.33. The van der Waals surface area contributed by atoms with E-state index in [1.807, 2.05) is 6.07 Å². The summed E-state index contributed by atoms with van der Waals surface area (Å²) >= 11 is 0. The Morgan fingerprint density at radius 2 is 1.45 bits per heavy atom. The van der Waals surface area contributed by atoms with E-state index in [1.54, 1.807) is 0 Å². The molecule has 0 saturated heterocycles. The average molecular weight is 263 g/mol. The quantitative estimate of drug-likeness (QED) is 0.565. The Morgan fingerprint density at radius 3 is 2.10 bits per heavy atom. The largest absolute Gasteiger partial charge is 0.399 e. The molecule has 0 bridgehead atoms. The number of rotatable bonds is 0. The van der Waals surface area contributed by atoms with Gasteiger partial charge in [-0.05, 0) is 52.3 Å². The predicted molar refractivity (Wildman–Crippen MR) is 87.6 cm³/mol. The first-order chi connectivity index (χ1) is 9.35. The molecule has 20 heavy (non-hydrogen) atoms. The molecule has 2 aromatic rings. The van der Waals surface area contributed by atoms with Crippen molar-refractivity contribution in [2.45, 2.75) is 27.7 Å². The standard InChI is InChI=1S/C19H21N/c1-12-5-7-14-16(9-12)17-10-13(20)6-8-15(17)18(14)11-19(2,3)4/h5-11H,20H2,1-4H3/b18-11+. The second-order valence-corrected chi connectivity index (χ2v) is 6.78. The Hall–Kier alpha value is -2.02. The van der Waals surface area contributed by atoms with Gasteiger partial charge in [0.2, 0.25) is 0 Å². The van der Waals surface area contributed by atoms with E-state index in [2.05, 4.69) is 64.1 Å². The van der Waals surface area contributed by atoms with Crippen LogP contribution in [0, 0.1) is 12.3 Å². The number of hydrogen-bond donors (Lipinski definition) is 1. The van der Waals surface area contributed by atoms with Gasteiger partial charge in [-0.1, -0.05) is 56.7 Å². The molecule has 0 fully saturated rings. The van der Waals surface area contributed by atoms with Gasteiger partial charge in [0, 0.05) is 5.69 Å². The third-order valence-corrected chi connectivity index (χ3v) is 3.67. The molecular formula is C19H21N. The summed E-state index contributed by atoms with van der Waals surface area (Å²) in [6.45, 7) is 8.85. The second kappa shape index (κ2) is 4.24. The molecule has 0 aromatic heterocycles. The molecule has 102 valence electrons. The van der Waals surface area contributed by atoms with Gasteiger partial charge >= 0.3 is 0 Å². The van der Waals surface area contributed by atoms with Gasteiger partial charge in [0.25, 0.3) is 0 Å². The molecule has 1 nitrogen and oxygen atoms in total. The summed E-state index contributed by atoms with van der Waals surface area (Å²) in [6, 6.07) is 12.9. The van der Waals surface area contributed by atoms with Crippen molar-refractivity contribution in [1.29, 1.82) is 0 Å². The molecule has 2 N–H and O–H groups in total. The van der Waals surface area contributed by atoms with Gasteiger partial charge < -0.3 is 5.73 Å². The monoisotopic (exact) mass is 263 g/mol. The lowest BCUT2D eigenvalue weighted by molar-refractivity contribution is 0.546. The van der Waals surface area contributed by atoms with Crippen LogP contribution in [0.2, 0.25) is 0 Å². The van der Waals surface area contributed by atoms with Crippen molar-refractivity contribution in [3.63, 3.8) is 0 Å². The number of fused-ring (bicyclic) bond motifs is 3. The summed E-state index contributed by atoms with van der Waals surface area (Å²) in [6.07, 6.45) is 2.36. The molecule has 0 aliphatic heterocycles. The Kier molecular flexibility index (Phi) is 2.75. The van der Waals surface area contributed by atoms with Crippen molar-refractivity contribution >= 4 is 11.3 Å². The molecule has 1 aliphatic carbocycles. The second-order valence-electron chi connectivity index (χ2n) is 6.78. The number of nitrogens with two attached hydrogens (primary N) is 1. The molecule has 0 heterocycles. The highest BCUT2D eigenvalue weighted by atomic mass is 14.5. The van der Waals surface area contributed by atoms with Crippen LogP contribution in [0.15, 0.2) is 42.5 Å². The van der Waals surface area contributed by atoms with Crippen molar-refractivity contribution in [3.8, 4) is 11.1 Å². The summed E-state index contributed by atoms with van der Waals surface area (Å²) < 4.78 is 0. The van der Waals surface area contributed by atoms with Crippen LogP contribution in [-0.2, 0) is 0 Å². The minimum Gasteiger partial charge on any atom is -0.399 e. The molecule has 0 atom stereocenters. The van der Waals surface area contributed by atoms with E-state index in [0.717, 1.165) is 5.69 Å². The van der Waals surface area contributed by atoms with Gasteiger partial charge in [-0.25, -0.2) is 0 Å². The van der Waals surface area contributed by atoms with Crippen molar-refractivity contribution in [2.75, 3.05) is 5.73 Å². The van der Waals surface area contributed by atoms with Gasteiger partial charge in [0.15, 0.2) is 0 Å². The molecule has 1 aliphatic rings. The normalized spacial score (nSPS) is 15.3. The maximum absolute atomic E-state index is 5.98. The topological polar surface area (TPSA) is 26.0 Å². The van der Waals surface area contributed by atoms with Gasteiger partial charge in [0.1, 0.15) is 0 Å². The summed E-state index contributed by atoms with van der Waals surface area (Å²) in [5, 5.41) is 0. The van der Waals surface area contributed by atoms with Gasteiger partial charge in [-0.3, -0.25) is 0 Å². The number of aryl methyl sites for hydroxylation is 1. The Bertz CT molecular complexity index is 662. The fourth-order valence-corrected chi connectivity index (χ4v) is 2.87. The molecular weight excluding hydrogens is 242 g/mol. The number of hydrogen-bond acceptors (Lipinski definition) is 1. The molecule has 3 rings (SSSR count). The zero-order valence-corrected chi connectivity index (χ0v) is 12.6. The minimum absolute atomic E-state index is 0.153. The predicted octanol–water partition coefficient (Wildman–Crippen LogP) is 5.04. The number of anilines is 1. The first-order valence-corrected chi connectivity index (χ1v) is 7.09. The highest BCUT2D eigenvalue weighted by molar-refractivity contribution is 6.02. The fourth-order valence-electron chi connectivity index (χ4n) is 2.87.